The van der Waals surface area contributed by atoms with E-state index in [4.69, 9.17) is 0 Å². The zero-order valence-corrected chi connectivity index (χ0v) is 12.7. The van der Waals surface area contributed by atoms with Gasteiger partial charge in [0.25, 0.3) is 0 Å². The fraction of sp³-hybridized carbons (Fsp3) is 0.562. The largest absolute Gasteiger partial charge is 0.311 e. The highest BCUT2D eigenvalue weighted by molar-refractivity contribution is 5.97. The first kappa shape index (κ1) is 15.0. The number of likely N-dealkylation sites (N-methyl/N-ethyl adjacent to an activating group) is 1. The van der Waals surface area contributed by atoms with Gasteiger partial charge in [0.2, 0.25) is 5.91 Å². The third-order valence-electron chi connectivity index (χ3n) is 3.76. The van der Waals surface area contributed by atoms with Crippen molar-refractivity contribution in [3.63, 3.8) is 0 Å². The molecule has 1 N–H and O–H groups in total. The number of amides is 1. The molecule has 0 bridgehead atoms. The molecule has 20 heavy (non-hydrogen) atoms. The molecular weight excluding hydrogens is 250 g/mol. The quantitative estimate of drug-likeness (QED) is 0.884. The number of nitrogens with one attached hydrogen (secondary N) is 1. The number of carbonyl (C=O) groups excluding carboxylic acids is 1. The highest BCUT2D eigenvalue weighted by atomic mass is 16.2. The second kappa shape index (κ2) is 6.86. The molecule has 0 unspecified atom stereocenters. The maximum Gasteiger partial charge on any atom is 0.243 e. The minimum atomic E-state index is -0.138. The molecule has 1 atom stereocenters. The van der Waals surface area contributed by atoms with Crippen LogP contribution in [0, 0.1) is 0 Å². The van der Waals surface area contributed by atoms with Gasteiger partial charge in [0.1, 0.15) is 0 Å². The molecule has 0 aliphatic carbocycles. The number of anilines is 1. The summed E-state index contributed by atoms with van der Waals surface area (Å²) < 4.78 is 0. The topological polar surface area (TPSA) is 35.6 Å². The molecule has 0 fully saturated rings. The van der Waals surface area contributed by atoms with Gasteiger partial charge in [-0.25, -0.2) is 0 Å². The van der Waals surface area contributed by atoms with Crippen molar-refractivity contribution in [2.75, 3.05) is 38.6 Å². The maximum absolute atomic E-state index is 12.6. The van der Waals surface area contributed by atoms with Gasteiger partial charge in [-0.05, 0) is 45.5 Å². The van der Waals surface area contributed by atoms with Gasteiger partial charge in [-0.15, -0.1) is 0 Å². The van der Waals surface area contributed by atoms with Crippen molar-refractivity contribution in [1.29, 1.82) is 0 Å². The predicted molar refractivity (Wildman–Crippen MR) is 83.1 cm³/mol. The first-order valence-corrected chi connectivity index (χ1v) is 7.37. The van der Waals surface area contributed by atoms with Gasteiger partial charge in [0.15, 0.2) is 0 Å². The summed E-state index contributed by atoms with van der Waals surface area (Å²) in [6.07, 6.45) is 2.12. The van der Waals surface area contributed by atoms with Crippen molar-refractivity contribution in [1.82, 2.24) is 10.2 Å². The van der Waals surface area contributed by atoms with E-state index in [9.17, 15) is 4.79 Å². The van der Waals surface area contributed by atoms with E-state index in [0.29, 0.717) is 0 Å². The second-order valence-corrected chi connectivity index (χ2v) is 5.70. The second-order valence-electron chi connectivity index (χ2n) is 5.70. The molecule has 0 aromatic heterocycles. The number of fused-ring (bicyclic) bond motifs is 1. The van der Waals surface area contributed by atoms with Crippen molar-refractivity contribution >= 4 is 11.6 Å². The molecule has 1 aliphatic rings. The number of para-hydroxylation sites is 1. The highest BCUT2D eigenvalue weighted by Crippen LogP contribution is 2.27. The van der Waals surface area contributed by atoms with Crippen LogP contribution in [0.2, 0.25) is 0 Å². The Bertz CT molecular complexity index is 459. The van der Waals surface area contributed by atoms with E-state index in [2.05, 4.69) is 22.3 Å². The van der Waals surface area contributed by atoms with Gasteiger partial charge in [0.05, 0.1) is 6.04 Å². The summed E-state index contributed by atoms with van der Waals surface area (Å²) in [6.45, 7) is 4.55. The standard InChI is InChI=1S/C16H25N3O/c1-13(17-10-12-18(2)3)16(20)19-11-6-8-14-7-4-5-9-15(14)19/h4-5,7,9,13,17H,6,8,10-12H2,1-3H3/t13-/m0/s1. The first-order chi connectivity index (χ1) is 9.59. The number of hydrogen-bond donors (Lipinski definition) is 1. The van der Waals surface area contributed by atoms with Gasteiger partial charge in [-0.3, -0.25) is 4.79 Å². The van der Waals surface area contributed by atoms with Crippen LogP contribution in [0.5, 0.6) is 0 Å². The lowest BCUT2D eigenvalue weighted by atomic mass is 10.0. The molecule has 4 nitrogen and oxygen atoms in total. The summed E-state index contributed by atoms with van der Waals surface area (Å²) >= 11 is 0. The fourth-order valence-corrected chi connectivity index (χ4v) is 2.59. The van der Waals surface area contributed by atoms with Gasteiger partial charge in [0, 0.05) is 25.3 Å². The van der Waals surface area contributed by atoms with Crippen molar-refractivity contribution in [3.05, 3.63) is 29.8 Å². The summed E-state index contributed by atoms with van der Waals surface area (Å²) in [5.74, 6) is 0.177. The van der Waals surface area contributed by atoms with Crippen LogP contribution in [0.15, 0.2) is 24.3 Å². The normalized spacial score (nSPS) is 16.1. The third-order valence-corrected chi connectivity index (χ3v) is 3.76. The van der Waals surface area contributed by atoms with E-state index < -0.39 is 0 Å². The Morgan fingerprint density at radius 3 is 2.90 bits per heavy atom. The Balaban J connectivity index is 1.99. The molecule has 0 spiro atoms. The van der Waals surface area contributed by atoms with E-state index in [-0.39, 0.29) is 11.9 Å². The number of carbonyl (C=O) groups is 1. The molecule has 4 heteroatoms. The molecule has 1 amide bonds. The minimum absolute atomic E-state index is 0.138. The number of nitrogens with zero attached hydrogens (tertiary/aromatic N) is 2. The van der Waals surface area contributed by atoms with E-state index in [1.807, 2.05) is 38.1 Å². The van der Waals surface area contributed by atoms with Crippen molar-refractivity contribution in [2.45, 2.75) is 25.8 Å². The molecule has 1 aliphatic heterocycles. The third kappa shape index (κ3) is 3.58. The molecule has 1 aromatic rings. The summed E-state index contributed by atoms with van der Waals surface area (Å²) in [6, 6.07) is 8.10. The summed E-state index contributed by atoms with van der Waals surface area (Å²) in [5, 5.41) is 3.31. The average Bonchev–Trinajstić information content (AvgIpc) is 2.45. The summed E-state index contributed by atoms with van der Waals surface area (Å²) in [7, 11) is 4.07. The number of hydrogen-bond acceptors (Lipinski definition) is 3. The van der Waals surface area contributed by atoms with Gasteiger partial charge in [-0.1, -0.05) is 18.2 Å². The van der Waals surface area contributed by atoms with Crippen LogP contribution in [0.4, 0.5) is 5.69 Å². The molecule has 0 saturated heterocycles. The SMILES string of the molecule is C[C@H](NCCN(C)C)C(=O)N1CCCc2ccccc21. The lowest BCUT2D eigenvalue weighted by Gasteiger charge is -2.31. The van der Waals surface area contributed by atoms with Crippen LogP contribution < -0.4 is 10.2 Å². The molecule has 0 radical (unpaired) electrons. The van der Waals surface area contributed by atoms with Crippen LogP contribution in [0.25, 0.3) is 0 Å². The maximum atomic E-state index is 12.6. The number of aryl methyl sites for hydroxylation is 1. The predicted octanol–water partition coefficient (Wildman–Crippen LogP) is 1.51. The smallest absolute Gasteiger partial charge is 0.243 e. The van der Waals surface area contributed by atoms with E-state index in [0.717, 1.165) is 38.2 Å². The Hall–Kier alpha value is -1.39. The van der Waals surface area contributed by atoms with Crippen LogP contribution in [0.3, 0.4) is 0 Å². The van der Waals surface area contributed by atoms with Crippen LogP contribution in [-0.2, 0) is 11.2 Å². The van der Waals surface area contributed by atoms with Gasteiger partial charge in [-0.2, -0.15) is 0 Å². The lowest BCUT2D eigenvalue weighted by Crippen LogP contribution is -2.48. The number of benzene rings is 1. The van der Waals surface area contributed by atoms with Crippen LogP contribution in [-0.4, -0.2) is 50.6 Å². The minimum Gasteiger partial charge on any atom is -0.311 e. The average molecular weight is 275 g/mol. The van der Waals surface area contributed by atoms with Crippen molar-refractivity contribution in [2.24, 2.45) is 0 Å². The molecule has 1 aromatic carbocycles. The van der Waals surface area contributed by atoms with Crippen LogP contribution >= 0.6 is 0 Å². The molecule has 2 rings (SSSR count). The summed E-state index contributed by atoms with van der Waals surface area (Å²) in [5.41, 5.74) is 2.37. The fourth-order valence-electron chi connectivity index (χ4n) is 2.59. The number of rotatable bonds is 5. The van der Waals surface area contributed by atoms with E-state index >= 15 is 0 Å². The highest BCUT2D eigenvalue weighted by Gasteiger charge is 2.25. The van der Waals surface area contributed by atoms with Gasteiger partial charge >= 0.3 is 0 Å². The molecular formula is C16H25N3O. The van der Waals surface area contributed by atoms with Crippen LogP contribution in [0.1, 0.15) is 18.9 Å². The first-order valence-electron chi connectivity index (χ1n) is 7.37. The molecule has 0 saturated carbocycles. The zero-order chi connectivity index (χ0) is 14.5. The monoisotopic (exact) mass is 275 g/mol. The zero-order valence-electron chi connectivity index (χ0n) is 12.7. The van der Waals surface area contributed by atoms with E-state index in [1.54, 1.807) is 0 Å². The Kier molecular flexibility index (Phi) is 5.15. The Morgan fingerprint density at radius 2 is 2.15 bits per heavy atom. The molecule has 1 heterocycles. The van der Waals surface area contributed by atoms with Crippen molar-refractivity contribution < 1.29 is 4.79 Å². The lowest BCUT2D eigenvalue weighted by molar-refractivity contribution is -0.120. The summed E-state index contributed by atoms with van der Waals surface area (Å²) in [4.78, 5) is 16.6. The Morgan fingerprint density at radius 1 is 1.40 bits per heavy atom. The van der Waals surface area contributed by atoms with E-state index in [1.165, 1.54) is 5.56 Å². The Labute approximate surface area is 121 Å². The molecule has 110 valence electrons. The van der Waals surface area contributed by atoms with Crippen molar-refractivity contribution in [3.8, 4) is 0 Å². The van der Waals surface area contributed by atoms with Gasteiger partial charge < -0.3 is 15.1 Å².